The average molecular weight is 369 g/mol. The Bertz CT molecular complexity index is 799. The number of aryl methyl sites for hydroxylation is 2. The molecule has 0 saturated carbocycles. The standard InChI is InChI=1S/C22H28N2O3/c1-15-10-16(2)12-17(11-15)23-22(25)14-24-9-5-6-20(24)19-8-7-18(26-3)13-21(19)27-4/h7-8,10-13,20H,5-6,9,14H2,1-4H3,(H,23,25)/p+1/t20-/m1/s1. The summed E-state index contributed by atoms with van der Waals surface area (Å²) >= 11 is 0. The predicted molar refractivity (Wildman–Crippen MR) is 107 cm³/mol. The molecule has 5 heteroatoms. The van der Waals surface area contributed by atoms with Gasteiger partial charge in [-0.2, -0.15) is 0 Å². The van der Waals surface area contributed by atoms with Crippen molar-refractivity contribution in [3.8, 4) is 11.5 Å². The zero-order valence-electron chi connectivity index (χ0n) is 16.6. The van der Waals surface area contributed by atoms with E-state index < -0.39 is 0 Å². The molecule has 0 aliphatic carbocycles. The van der Waals surface area contributed by atoms with Crippen LogP contribution >= 0.6 is 0 Å². The summed E-state index contributed by atoms with van der Waals surface area (Å²) in [5.74, 6) is 1.66. The molecule has 0 radical (unpaired) electrons. The maximum Gasteiger partial charge on any atom is 0.279 e. The first-order valence-corrected chi connectivity index (χ1v) is 9.45. The average Bonchev–Trinajstić information content (AvgIpc) is 3.07. The smallest absolute Gasteiger partial charge is 0.279 e. The second kappa shape index (κ2) is 8.44. The molecule has 3 rings (SSSR count). The maximum absolute atomic E-state index is 12.6. The van der Waals surface area contributed by atoms with E-state index in [-0.39, 0.29) is 11.9 Å². The highest BCUT2D eigenvalue weighted by molar-refractivity contribution is 5.91. The summed E-state index contributed by atoms with van der Waals surface area (Å²) in [6.45, 7) is 5.52. The number of carbonyl (C=O) groups is 1. The number of hydrogen-bond acceptors (Lipinski definition) is 3. The first-order chi connectivity index (χ1) is 13.0. The second-order valence-corrected chi connectivity index (χ2v) is 7.31. The summed E-state index contributed by atoms with van der Waals surface area (Å²) in [4.78, 5) is 13.9. The number of quaternary nitrogens is 1. The van der Waals surface area contributed by atoms with Crippen LogP contribution in [0.5, 0.6) is 11.5 Å². The Morgan fingerprint density at radius 3 is 2.52 bits per heavy atom. The molecule has 27 heavy (non-hydrogen) atoms. The third kappa shape index (κ3) is 4.61. The zero-order chi connectivity index (χ0) is 19.4. The molecule has 1 aliphatic heterocycles. The van der Waals surface area contributed by atoms with Crippen molar-refractivity contribution in [2.45, 2.75) is 32.7 Å². The molecule has 1 saturated heterocycles. The lowest BCUT2D eigenvalue weighted by Crippen LogP contribution is -3.11. The van der Waals surface area contributed by atoms with E-state index in [1.54, 1.807) is 14.2 Å². The van der Waals surface area contributed by atoms with Gasteiger partial charge in [-0.05, 0) is 49.2 Å². The van der Waals surface area contributed by atoms with Gasteiger partial charge in [-0.15, -0.1) is 0 Å². The SMILES string of the molecule is COc1ccc([C@H]2CCC[NH+]2CC(=O)Nc2cc(C)cc(C)c2)c(OC)c1. The van der Waals surface area contributed by atoms with Gasteiger partial charge >= 0.3 is 0 Å². The van der Waals surface area contributed by atoms with Gasteiger partial charge in [0.1, 0.15) is 17.5 Å². The molecular weight excluding hydrogens is 340 g/mol. The van der Waals surface area contributed by atoms with E-state index in [1.807, 2.05) is 38.1 Å². The highest BCUT2D eigenvalue weighted by atomic mass is 16.5. The van der Waals surface area contributed by atoms with E-state index in [9.17, 15) is 4.79 Å². The number of amides is 1. The fraction of sp³-hybridized carbons (Fsp3) is 0.409. The first kappa shape index (κ1) is 19.2. The largest absolute Gasteiger partial charge is 0.497 e. The van der Waals surface area contributed by atoms with E-state index >= 15 is 0 Å². The van der Waals surface area contributed by atoms with Crippen LogP contribution in [0.1, 0.15) is 35.6 Å². The molecule has 144 valence electrons. The van der Waals surface area contributed by atoms with Gasteiger partial charge in [-0.25, -0.2) is 0 Å². The molecule has 2 N–H and O–H groups in total. The summed E-state index contributed by atoms with van der Waals surface area (Å²) in [5.41, 5.74) is 4.32. The number of hydrogen-bond donors (Lipinski definition) is 2. The quantitative estimate of drug-likeness (QED) is 0.823. The van der Waals surface area contributed by atoms with Crippen molar-refractivity contribution < 1.29 is 19.2 Å². The highest BCUT2D eigenvalue weighted by Crippen LogP contribution is 2.31. The van der Waals surface area contributed by atoms with Crippen molar-refractivity contribution in [3.05, 3.63) is 53.1 Å². The molecule has 5 nitrogen and oxygen atoms in total. The van der Waals surface area contributed by atoms with Crippen molar-refractivity contribution in [1.82, 2.24) is 0 Å². The van der Waals surface area contributed by atoms with Crippen LogP contribution in [0.15, 0.2) is 36.4 Å². The maximum atomic E-state index is 12.6. The van der Waals surface area contributed by atoms with E-state index in [2.05, 4.69) is 17.4 Å². The van der Waals surface area contributed by atoms with Gasteiger partial charge in [0.15, 0.2) is 6.54 Å². The lowest BCUT2D eigenvalue weighted by molar-refractivity contribution is -0.910. The van der Waals surface area contributed by atoms with Crippen molar-refractivity contribution in [3.63, 3.8) is 0 Å². The Kier molecular flexibility index (Phi) is 6.01. The van der Waals surface area contributed by atoms with Crippen LogP contribution < -0.4 is 19.7 Å². The number of anilines is 1. The second-order valence-electron chi connectivity index (χ2n) is 7.31. The van der Waals surface area contributed by atoms with Gasteiger partial charge in [0.25, 0.3) is 5.91 Å². The van der Waals surface area contributed by atoms with E-state index in [0.29, 0.717) is 6.54 Å². The Hall–Kier alpha value is -2.53. The minimum absolute atomic E-state index is 0.0504. The van der Waals surface area contributed by atoms with Gasteiger partial charge in [-0.1, -0.05) is 6.07 Å². The van der Waals surface area contributed by atoms with Crippen LogP contribution in [0.4, 0.5) is 5.69 Å². The predicted octanol–water partition coefficient (Wildman–Crippen LogP) is 2.68. The number of benzene rings is 2. The van der Waals surface area contributed by atoms with Gasteiger partial charge in [0.05, 0.1) is 26.3 Å². The minimum atomic E-state index is 0.0504. The Labute approximate surface area is 161 Å². The summed E-state index contributed by atoms with van der Waals surface area (Å²) in [5, 5.41) is 3.06. The van der Waals surface area contributed by atoms with E-state index in [0.717, 1.165) is 53.3 Å². The Morgan fingerprint density at radius 2 is 1.85 bits per heavy atom. The molecule has 2 aromatic carbocycles. The zero-order valence-corrected chi connectivity index (χ0v) is 16.6. The van der Waals surface area contributed by atoms with Crippen molar-refractivity contribution in [2.75, 3.05) is 32.6 Å². The van der Waals surface area contributed by atoms with Gasteiger partial charge in [0.2, 0.25) is 0 Å². The highest BCUT2D eigenvalue weighted by Gasteiger charge is 2.33. The van der Waals surface area contributed by atoms with Crippen LogP contribution in [-0.4, -0.2) is 33.2 Å². The molecule has 2 aromatic rings. The van der Waals surface area contributed by atoms with Gasteiger partial charge < -0.3 is 19.7 Å². The van der Waals surface area contributed by atoms with Crippen molar-refractivity contribution in [1.29, 1.82) is 0 Å². The summed E-state index contributed by atoms with van der Waals surface area (Å²) in [6.07, 6.45) is 2.15. The molecule has 0 aromatic heterocycles. The molecule has 1 fully saturated rings. The monoisotopic (exact) mass is 369 g/mol. The number of rotatable bonds is 6. The third-order valence-corrected chi connectivity index (χ3v) is 5.19. The van der Waals surface area contributed by atoms with Crippen LogP contribution in [-0.2, 0) is 4.79 Å². The van der Waals surface area contributed by atoms with E-state index in [4.69, 9.17) is 9.47 Å². The van der Waals surface area contributed by atoms with Crippen LogP contribution in [0.3, 0.4) is 0 Å². The molecule has 0 bridgehead atoms. The molecule has 0 spiro atoms. The van der Waals surface area contributed by atoms with Crippen LogP contribution in [0, 0.1) is 13.8 Å². The molecule has 2 atom stereocenters. The first-order valence-electron chi connectivity index (χ1n) is 9.45. The summed E-state index contributed by atoms with van der Waals surface area (Å²) in [7, 11) is 3.33. The number of carbonyl (C=O) groups excluding carboxylic acids is 1. The molecular formula is C22H29N2O3+. The fourth-order valence-corrected chi connectivity index (χ4v) is 4.06. The number of likely N-dealkylation sites (tertiary alicyclic amines) is 1. The molecule has 1 aliphatic rings. The van der Waals surface area contributed by atoms with Crippen LogP contribution in [0.25, 0.3) is 0 Å². The molecule has 1 unspecified atom stereocenters. The minimum Gasteiger partial charge on any atom is -0.497 e. The Morgan fingerprint density at radius 1 is 1.11 bits per heavy atom. The number of methoxy groups -OCH3 is 2. The van der Waals surface area contributed by atoms with Gasteiger partial charge in [0, 0.05) is 24.6 Å². The van der Waals surface area contributed by atoms with Crippen LogP contribution in [0.2, 0.25) is 0 Å². The topological polar surface area (TPSA) is 52.0 Å². The molecule has 1 heterocycles. The summed E-state index contributed by atoms with van der Waals surface area (Å²) in [6, 6.07) is 12.3. The molecule has 1 amide bonds. The number of nitrogens with one attached hydrogen (secondary N) is 2. The normalized spacial score (nSPS) is 19.0. The lowest BCUT2D eigenvalue weighted by Gasteiger charge is -2.23. The van der Waals surface area contributed by atoms with Crippen molar-refractivity contribution in [2.24, 2.45) is 0 Å². The number of ether oxygens (including phenoxy) is 2. The Balaban J connectivity index is 1.72. The van der Waals surface area contributed by atoms with E-state index in [1.165, 1.54) is 4.90 Å². The third-order valence-electron chi connectivity index (χ3n) is 5.19. The lowest BCUT2D eigenvalue weighted by atomic mass is 10.0. The van der Waals surface area contributed by atoms with Gasteiger partial charge in [-0.3, -0.25) is 4.79 Å². The van der Waals surface area contributed by atoms with Crippen molar-refractivity contribution >= 4 is 11.6 Å². The summed E-state index contributed by atoms with van der Waals surface area (Å²) < 4.78 is 10.9. The fourth-order valence-electron chi connectivity index (χ4n) is 4.06.